The van der Waals surface area contributed by atoms with Gasteiger partial charge in [0.1, 0.15) is 10.7 Å². The molecule has 0 saturated carbocycles. The lowest BCUT2D eigenvalue weighted by atomic mass is 10.0. The molecule has 0 spiro atoms. The van der Waals surface area contributed by atoms with Crippen LogP contribution in [0.3, 0.4) is 0 Å². The molecule has 3 amide bonds. The van der Waals surface area contributed by atoms with Gasteiger partial charge in [0.2, 0.25) is 0 Å². The molecule has 0 saturated heterocycles. The van der Waals surface area contributed by atoms with E-state index in [4.69, 9.17) is 23.2 Å². The molecule has 0 aliphatic carbocycles. The highest BCUT2D eigenvalue weighted by Gasteiger charge is 2.39. The van der Waals surface area contributed by atoms with E-state index in [2.05, 4.69) is 24.5 Å². The molecule has 172 valence electrons. The lowest BCUT2D eigenvalue weighted by molar-refractivity contribution is -0.120. The number of carbonyl (C=O) groups excluding carboxylic acids is 3. The summed E-state index contributed by atoms with van der Waals surface area (Å²) in [6, 6.07) is 20.7. The van der Waals surface area contributed by atoms with Crippen LogP contribution in [0, 0.1) is 0 Å². The molecular formula is C26H21Cl2N3O3. The standard InChI is InChI=1S/C26H21Cl2N3O3/c1-15(2)16-7-11-19(12-8-16)30-24(32)17-9-13-18(14-10-17)29-23-22(28)25(33)31(26(23)34)21-6-4-3-5-20(21)27/h3-15,29H,1-2H3,(H,30,32). The first-order valence-electron chi connectivity index (χ1n) is 10.6. The number of hydrogen-bond donors (Lipinski definition) is 2. The number of para-hydroxylation sites is 1. The summed E-state index contributed by atoms with van der Waals surface area (Å²) in [6.07, 6.45) is 0. The monoisotopic (exact) mass is 493 g/mol. The largest absolute Gasteiger partial charge is 0.350 e. The lowest BCUT2D eigenvalue weighted by Crippen LogP contribution is -2.32. The summed E-state index contributed by atoms with van der Waals surface area (Å²) >= 11 is 12.3. The third-order valence-electron chi connectivity index (χ3n) is 5.37. The minimum absolute atomic E-state index is 0.0611. The molecule has 0 aromatic heterocycles. The van der Waals surface area contributed by atoms with Crippen LogP contribution in [0.4, 0.5) is 17.1 Å². The first-order chi connectivity index (χ1) is 16.3. The molecule has 3 aromatic rings. The highest BCUT2D eigenvalue weighted by atomic mass is 35.5. The molecule has 3 aromatic carbocycles. The molecule has 0 atom stereocenters. The lowest BCUT2D eigenvalue weighted by Gasteiger charge is -2.16. The van der Waals surface area contributed by atoms with Gasteiger partial charge in [0.25, 0.3) is 17.7 Å². The fourth-order valence-electron chi connectivity index (χ4n) is 3.47. The number of rotatable bonds is 6. The quantitative estimate of drug-likeness (QED) is 0.403. The second-order valence-corrected chi connectivity index (χ2v) is 8.80. The van der Waals surface area contributed by atoms with Gasteiger partial charge in [-0.1, -0.05) is 61.3 Å². The summed E-state index contributed by atoms with van der Waals surface area (Å²) in [5, 5.41) is 5.76. The maximum absolute atomic E-state index is 12.9. The van der Waals surface area contributed by atoms with Gasteiger partial charge in [-0.3, -0.25) is 14.4 Å². The van der Waals surface area contributed by atoms with Gasteiger partial charge in [-0.15, -0.1) is 0 Å². The summed E-state index contributed by atoms with van der Waals surface area (Å²) in [4.78, 5) is 39.0. The van der Waals surface area contributed by atoms with Gasteiger partial charge in [-0.05, 0) is 60.0 Å². The van der Waals surface area contributed by atoms with E-state index in [0.29, 0.717) is 22.9 Å². The van der Waals surface area contributed by atoms with Gasteiger partial charge in [-0.25, -0.2) is 4.90 Å². The third-order valence-corrected chi connectivity index (χ3v) is 6.04. The maximum Gasteiger partial charge on any atom is 0.283 e. The van der Waals surface area contributed by atoms with Crippen LogP contribution in [0.25, 0.3) is 0 Å². The first-order valence-corrected chi connectivity index (χ1v) is 11.3. The molecule has 0 fully saturated rings. The van der Waals surface area contributed by atoms with Gasteiger partial charge in [0, 0.05) is 16.9 Å². The number of anilines is 3. The van der Waals surface area contributed by atoms with Crippen molar-refractivity contribution < 1.29 is 14.4 Å². The minimum Gasteiger partial charge on any atom is -0.350 e. The summed E-state index contributed by atoms with van der Waals surface area (Å²) < 4.78 is 0. The molecule has 4 rings (SSSR count). The fourth-order valence-corrected chi connectivity index (χ4v) is 3.90. The summed E-state index contributed by atoms with van der Waals surface area (Å²) in [5.41, 5.74) is 3.01. The van der Waals surface area contributed by atoms with Crippen molar-refractivity contribution in [2.45, 2.75) is 19.8 Å². The van der Waals surface area contributed by atoms with E-state index < -0.39 is 11.8 Å². The number of amides is 3. The minimum atomic E-state index is -0.665. The number of halogens is 2. The van der Waals surface area contributed by atoms with Gasteiger partial charge in [0.05, 0.1) is 10.7 Å². The predicted octanol–water partition coefficient (Wildman–Crippen LogP) is 6.15. The van der Waals surface area contributed by atoms with E-state index in [9.17, 15) is 14.4 Å². The number of imide groups is 1. The Labute approximate surface area is 207 Å². The second-order valence-electron chi connectivity index (χ2n) is 8.02. The molecule has 6 nitrogen and oxygen atoms in total. The van der Waals surface area contributed by atoms with E-state index in [1.54, 1.807) is 48.5 Å². The van der Waals surface area contributed by atoms with Gasteiger partial charge < -0.3 is 10.6 Å². The van der Waals surface area contributed by atoms with Crippen LogP contribution in [0.1, 0.15) is 35.7 Å². The number of nitrogens with one attached hydrogen (secondary N) is 2. The Kier molecular flexibility index (Phi) is 6.72. The number of hydrogen-bond acceptors (Lipinski definition) is 4. The van der Waals surface area contributed by atoms with E-state index in [-0.39, 0.29) is 27.3 Å². The van der Waals surface area contributed by atoms with Gasteiger partial charge in [-0.2, -0.15) is 0 Å². The zero-order valence-electron chi connectivity index (χ0n) is 18.4. The summed E-state index contributed by atoms with van der Waals surface area (Å²) in [5.74, 6) is -1.14. The Morgan fingerprint density at radius 2 is 1.44 bits per heavy atom. The average Bonchev–Trinajstić information content (AvgIpc) is 3.03. The van der Waals surface area contributed by atoms with E-state index in [0.717, 1.165) is 4.90 Å². The second kappa shape index (κ2) is 9.71. The van der Waals surface area contributed by atoms with Crippen molar-refractivity contribution in [1.29, 1.82) is 0 Å². The zero-order valence-corrected chi connectivity index (χ0v) is 19.9. The van der Waals surface area contributed by atoms with Crippen LogP contribution in [-0.4, -0.2) is 17.7 Å². The summed E-state index contributed by atoms with van der Waals surface area (Å²) in [6.45, 7) is 4.21. The number of nitrogens with zero attached hydrogens (tertiary/aromatic N) is 1. The van der Waals surface area contributed by atoms with Crippen LogP contribution >= 0.6 is 23.2 Å². The van der Waals surface area contributed by atoms with Crippen molar-refractivity contribution in [3.8, 4) is 0 Å². The molecule has 0 radical (unpaired) electrons. The normalized spacial score (nSPS) is 13.6. The summed E-state index contributed by atoms with van der Waals surface area (Å²) in [7, 11) is 0. The van der Waals surface area contributed by atoms with Gasteiger partial charge in [0.15, 0.2) is 0 Å². The van der Waals surface area contributed by atoms with Crippen molar-refractivity contribution in [3.63, 3.8) is 0 Å². The Morgan fingerprint density at radius 3 is 2.06 bits per heavy atom. The topological polar surface area (TPSA) is 78.5 Å². The molecule has 1 aliphatic rings. The Balaban J connectivity index is 1.46. The van der Waals surface area contributed by atoms with Crippen LogP contribution < -0.4 is 15.5 Å². The van der Waals surface area contributed by atoms with Crippen molar-refractivity contribution in [2.75, 3.05) is 15.5 Å². The van der Waals surface area contributed by atoms with Gasteiger partial charge >= 0.3 is 0 Å². The Morgan fingerprint density at radius 1 is 0.824 bits per heavy atom. The first kappa shape index (κ1) is 23.5. The van der Waals surface area contributed by atoms with E-state index >= 15 is 0 Å². The van der Waals surface area contributed by atoms with Crippen LogP contribution in [0.15, 0.2) is 83.5 Å². The van der Waals surface area contributed by atoms with E-state index in [1.807, 2.05) is 24.3 Å². The number of benzene rings is 3. The molecule has 0 bridgehead atoms. The third kappa shape index (κ3) is 4.69. The zero-order chi connectivity index (χ0) is 24.4. The predicted molar refractivity (Wildman–Crippen MR) is 135 cm³/mol. The average molecular weight is 494 g/mol. The highest BCUT2D eigenvalue weighted by Crippen LogP contribution is 2.34. The fraction of sp³-hybridized carbons (Fsp3) is 0.115. The molecule has 1 heterocycles. The van der Waals surface area contributed by atoms with Crippen molar-refractivity contribution in [1.82, 2.24) is 0 Å². The highest BCUT2D eigenvalue weighted by molar-refractivity contribution is 6.53. The van der Waals surface area contributed by atoms with Crippen LogP contribution in [0.5, 0.6) is 0 Å². The SMILES string of the molecule is CC(C)c1ccc(NC(=O)c2ccc(NC3=C(Cl)C(=O)N(c4ccccc4Cl)C3=O)cc2)cc1. The molecular weight excluding hydrogens is 473 g/mol. The Bertz CT molecular complexity index is 1300. The van der Waals surface area contributed by atoms with E-state index in [1.165, 1.54) is 5.56 Å². The smallest absolute Gasteiger partial charge is 0.283 e. The van der Waals surface area contributed by atoms with Crippen LogP contribution in [0.2, 0.25) is 5.02 Å². The molecule has 34 heavy (non-hydrogen) atoms. The molecule has 1 aliphatic heterocycles. The molecule has 8 heteroatoms. The molecule has 2 N–H and O–H groups in total. The van der Waals surface area contributed by atoms with Crippen molar-refractivity contribution >= 4 is 58.0 Å². The van der Waals surface area contributed by atoms with Crippen LogP contribution in [-0.2, 0) is 9.59 Å². The maximum atomic E-state index is 12.9. The van der Waals surface area contributed by atoms with Crippen molar-refractivity contribution in [3.05, 3.63) is 99.7 Å². The number of carbonyl (C=O) groups is 3. The van der Waals surface area contributed by atoms with Crippen molar-refractivity contribution in [2.24, 2.45) is 0 Å². The Hall–Kier alpha value is -3.61. The molecule has 0 unspecified atom stereocenters.